The lowest BCUT2D eigenvalue weighted by molar-refractivity contribution is 0.0599. The van der Waals surface area contributed by atoms with Gasteiger partial charge in [-0.15, -0.1) is 0 Å². The van der Waals surface area contributed by atoms with Gasteiger partial charge in [0, 0.05) is 12.1 Å². The number of H-pyrrole nitrogens is 1. The van der Waals surface area contributed by atoms with Crippen molar-refractivity contribution in [2.24, 2.45) is 0 Å². The number of nitrogens with one attached hydrogen (secondary N) is 2. The highest BCUT2D eigenvalue weighted by Crippen LogP contribution is 2.26. The minimum atomic E-state index is -0.454. The van der Waals surface area contributed by atoms with Gasteiger partial charge in [0.15, 0.2) is 0 Å². The number of hydrogen-bond donors (Lipinski definition) is 2. The number of carbonyl (C=O) groups excluding carboxylic acids is 2. The normalized spacial score (nSPS) is 10.5. The molecule has 3 aromatic rings. The summed E-state index contributed by atoms with van der Waals surface area (Å²) >= 11 is 0. The summed E-state index contributed by atoms with van der Waals surface area (Å²) in [5.41, 5.74) is 3.75. The van der Waals surface area contributed by atoms with Crippen molar-refractivity contribution in [3.05, 3.63) is 82.7 Å². The summed E-state index contributed by atoms with van der Waals surface area (Å²) in [5.74, 6) is -0.198. The van der Waals surface area contributed by atoms with Crippen molar-refractivity contribution in [3.63, 3.8) is 0 Å². The number of aromatic amines is 1. The number of amides is 1. The second-order valence-electron chi connectivity index (χ2n) is 6.86. The van der Waals surface area contributed by atoms with E-state index in [2.05, 4.69) is 22.4 Å². The number of esters is 1. The number of methoxy groups -OCH3 is 1. The summed E-state index contributed by atoms with van der Waals surface area (Å²) in [4.78, 5) is 28.1. The highest BCUT2D eigenvalue weighted by Gasteiger charge is 2.24. The van der Waals surface area contributed by atoms with Gasteiger partial charge in [-0.3, -0.25) is 4.79 Å². The molecule has 0 aliphatic carbocycles. The zero-order valence-electron chi connectivity index (χ0n) is 17.5. The Kier molecular flexibility index (Phi) is 6.91. The fourth-order valence-electron chi connectivity index (χ4n) is 3.33. The van der Waals surface area contributed by atoms with Crippen LogP contribution < -0.4 is 10.1 Å². The van der Waals surface area contributed by atoms with Crippen molar-refractivity contribution < 1.29 is 19.1 Å². The molecule has 3 rings (SSSR count). The van der Waals surface area contributed by atoms with Crippen LogP contribution in [0.25, 0.3) is 0 Å². The molecule has 30 heavy (non-hydrogen) atoms. The smallest absolute Gasteiger partial charge is 0.339 e. The molecule has 156 valence electrons. The third kappa shape index (κ3) is 4.71. The fraction of sp³-hybridized carbons (Fsp3) is 0.250. The van der Waals surface area contributed by atoms with Crippen LogP contribution in [0.4, 0.5) is 5.69 Å². The van der Waals surface area contributed by atoms with Gasteiger partial charge in [-0.25, -0.2) is 4.79 Å². The molecule has 1 amide bonds. The molecule has 0 spiro atoms. The Morgan fingerprint density at radius 1 is 1.03 bits per heavy atom. The zero-order chi connectivity index (χ0) is 21.5. The van der Waals surface area contributed by atoms with Gasteiger partial charge in [0.1, 0.15) is 11.4 Å². The van der Waals surface area contributed by atoms with E-state index in [1.165, 1.54) is 12.7 Å². The summed E-state index contributed by atoms with van der Waals surface area (Å²) in [6.07, 6.45) is 1.35. The van der Waals surface area contributed by atoms with Crippen LogP contribution in [0, 0.1) is 6.92 Å². The predicted molar refractivity (Wildman–Crippen MR) is 116 cm³/mol. The lowest BCUT2D eigenvalue weighted by Crippen LogP contribution is -2.15. The van der Waals surface area contributed by atoms with E-state index in [9.17, 15) is 9.59 Å². The van der Waals surface area contributed by atoms with Gasteiger partial charge >= 0.3 is 5.97 Å². The highest BCUT2D eigenvalue weighted by molar-refractivity contribution is 6.07. The van der Waals surface area contributed by atoms with Gasteiger partial charge in [-0.05, 0) is 36.6 Å². The number of aryl methyl sites for hydroxylation is 1. The molecule has 0 saturated carbocycles. The molecule has 0 aliphatic rings. The number of ether oxygens (including phenoxy) is 2. The number of benzene rings is 2. The number of hydrogen-bond acceptors (Lipinski definition) is 4. The summed E-state index contributed by atoms with van der Waals surface area (Å²) in [6, 6.07) is 17.4. The van der Waals surface area contributed by atoms with Gasteiger partial charge in [0.05, 0.1) is 25.0 Å². The summed E-state index contributed by atoms with van der Waals surface area (Å²) in [5, 5.41) is 2.89. The third-order valence-corrected chi connectivity index (χ3v) is 4.92. The Morgan fingerprint density at radius 2 is 1.73 bits per heavy atom. The maximum absolute atomic E-state index is 12.9. The maximum atomic E-state index is 12.9. The fourth-order valence-corrected chi connectivity index (χ4v) is 3.33. The van der Waals surface area contributed by atoms with Crippen LogP contribution in [0.5, 0.6) is 5.75 Å². The summed E-state index contributed by atoms with van der Waals surface area (Å²) in [7, 11) is 1.33. The van der Waals surface area contributed by atoms with Crippen molar-refractivity contribution in [2.75, 3.05) is 19.0 Å². The quantitative estimate of drug-likeness (QED) is 0.538. The van der Waals surface area contributed by atoms with E-state index in [1.54, 1.807) is 13.0 Å². The molecule has 1 aromatic heterocycles. The molecule has 0 unspecified atom stereocenters. The molecule has 0 saturated heterocycles. The van der Waals surface area contributed by atoms with Gasteiger partial charge in [0.2, 0.25) is 0 Å². The van der Waals surface area contributed by atoms with Gasteiger partial charge in [0.25, 0.3) is 5.91 Å². The summed E-state index contributed by atoms with van der Waals surface area (Å²) in [6.45, 7) is 4.14. The van der Waals surface area contributed by atoms with Crippen LogP contribution >= 0.6 is 0 Å². The SMILES string of the molecule is CCc1[nH]c(C(=O)Nc2ccccc2OCCc2ccccc2)c(C)c1C(=O)OC. The monoisotopic (exact) mass is 406 g/mol. The lowest BCUT2D eigenvalue weighted by Gasteiger charge is -2.12. The number of anilines is 1. The first-order chi connectivity index (χ1) is 14.5. The number of carbonyl (C=O) groups is 2. The molecule has 6 heteroatoms. The Hall–Kier alpha value is -3.54. The Labute approximate surface area is 176 Å². The molecule has 2 N–H and O–H groups in total. The average molecular weight is 406 g/mol. The van der Waals surface area contributed by atoms with Crippen LogP contribution in [0.1, 0.15) is 44.6 Å². The molecule has 1 heterocycles. The Balaban J connectivity index is 1.74. The van der Waals surface area contributed by atoms with Crippen LogP contribution in [-0.2, 0) is 17.6 Å². The van der Waals surface area contributed by atoms with E-state index >= 15 is 0 Å². The highest BCUT2D eigenvalue weighted by atomic mass is 16.5. The second-order valence-corrected chi connectivity index (χ2v) is 6.86. The van der Waals surface area contributed by atoms with Crippen LogP contribution in [0.2, 0.25) is 0 Å². The second kappa shape index (κ2) is 9.78. The van der Waals surface area contributed by atoms with Crippen molar-refractivity contribution >= 4 is 17.6 Å². The molecule has 0 bridgehead atoms. The predicted octanol–water partition coefficient (Wildman–Crippen LogP) is 4.55. The first kappa shape index (κ1) is 21.2. The largest absolute Gasteiger partial charge is 0.491 e. The van der Waals surface area contributed by atoms with Crippen LogP contribution in [0.3, 0.4) is 0 Å². The van der Waals surface area contributed by atoms with E-state index in [0.29, 0.717) is 47.0 Å². The van der Waals surface area contributed by atoms with E-state index < -0.39 is 5.97 Å². The first-order valence-corrected chi connectivity index (χ1v) is 9.92. The van der Waals surface area contributed by atoms with Gasteiger partial charge in [-0.1, -0.05) is 49.4 Å². The maximum Gasteiger partial charge on any atom is 0.339 e. The van der Waals surface area contributed by atoms with Crippen molar-refractivity contribution in [1.29, 1.82) is 0 Å². The topological polar surface area (TPSA) is 80.4 Å². The average Bonchev–Trinajstić information content (AvgIpc) is 3.11. The Bertz CT molecular complexity index is 1020. The van der Waals surface area contributed by atoms with E-state index in [-0.39, 0.29) is 5.91 Å². The number of rotatable bonds is 8. The molecular weight excluding hydrogens is 380 g/mol. The first-order valence-electron chi connectivity index (χ1n) is 9.92. The zero-order valence-corrected chi connectivity index (χ0v) is 17.5. The van der Waals surface area contributed by atoms with Gasteiger partial charge < -0.3 is 19.8 Å². The van der Waals surface area contributed by atoms with E-state index in [0.717, 1.165) is 6.42 Å². The van der Waals surface area contributed by atoms with Crippen molar-refractivity contribution in [3.8, 4) is 5.75 Å². The standard InChI is InChI=1S/C24H26N2O4/c1-4-18-21(24(28)29-3)16(2)22(25-18)23(27)26-19-12-8-9-13-20(19)30-15-14-17-10-6-5-7-11-17/h5-13,25H,4,14-15H2,1-3H3,(H,26,27). The number of aromatic nitrogens is 1. The molecule has 6 nitrogen and oxygen atoms in total. The van der Waals surface area contributed by atoms with Crippen molar-refractivity contribution in [2.45, 2.75) is 26.7 Å². The van der Waals surface area contributed by atoms with Gasteiger partial charge in [-0.2, -0.15) is 0 Å². The van der Waals surface area contributed by atoms with Crippen LogP contribution in [0.15, 0.2) is 54.6 Å². The summed E-state index contributed by atoms with van der Waals surface area (Å²) < 4.78 is 10.8. The van der Waals surface area contributed by atoms with Crippen molar-refractivity contribution in [1.82, 2.24) is 4.98 Å². The van der Waals surface area contributed by atoms with Crippen LogP contribution in [-0.4, -0.2) is 30.6 Å². The minimum absolute atomic E-state index is 0.337. The molecule has 0 aliphatic heterocycles. The molecular formula is C24H26N2O4. The molecule has 0 fully saturated rings. The molecule has 0 atom stereocenters. The van der Waals surface area contributed by atoms with E-state index in [1.807, 2.05) is 43.3 Å². The van der Waals surface area contributed by atoms with E-state index in [4.69, 9.17) is 9.47 Å². The third-order valence-electron chi connectivity index (χ3n) is 4.92. The number of para-hydroxylation sites is 2. The molecule has 0 radical (unpaired) electrons. The molecule has 2 aromatic carbocycles. The minimum Gasteiger partial charge on any atom is -0.491 e. The lowest BCUT2D eigenvalue weighted by atomic mass is 10.1. The Morgan fingerprint density at radius 3 is 2.43 bits per heavy atom.